The number of aryl methyl sites for hydroxylation is 1. The summed E-state index contributed by atoms with van der Waals surface area (Å²) in [4.78, 5) is 10.6. The molecule has 0 atom stereocenters. The number of hydrogen-bond donors (Lipinski definition) is 1. The third-order valence-electron chi connectivity index (χ3n) is 2.09. The van der Waals surface area contributed by atoms with Crippen LogP contribution in [-0.2, 0) is 4.74 Å². The lowest BCUT2D eigenvalue weighted by atomic mass is 10.4. The summed E-state index contributed by atoms with van der Waals surface area (Å²) in [5.74, 6) is 1.55. The first kappa shape index (κ1) is 11.7. The van der Waals surface area contributed by atoms with E-state index in [9.17, 15) is 0 Å². The number of methoxy groups -OCH3 is 1. The molecule has 5 nitrogen and oxygen atoms in total. The van der Waals surface area contributed by atoms with Crippen LogP contribution >= 0.6 is 0 Å². The fourth-order valence-electron chi connectivity index (χ4n) is 1.20. The zero-order chi connectivity index (χ0) is 11.3. The molecule has 0 bridgehead atoms. The fraction of sp³-hybridized carbons (Fsp3) is 0.600. The van der Waals surface area contributed by atoms with Gasteiger partial charge in [-0.2, -0.15) is 4.98 Å². The van der Waals surface area contributed by atoms with Gasteiger partial charge in [0.25, 0.3) is 0 Å². The van der Waals surface area contributed by atoms with Gasteiger partial charge < -0.3 is 15.0 Å². The molecule has 0 amide bonds. The first-order chi connectivity index (χ1) is 7.17. The summed E-state index contributed by atoms with van der Waals surface area (Å²) >= 11 is 0. The maximum absolute atomic E-state index is 5.02. The number of aromatic nitrogens is 2. The van der Waals surface area contributed by atoms with E-state index in [0.717, 1.165) is 18.1 Å². The Hall–Kier alpha value is -1.36. The van der Waals surface area contributed by atoms with Gasteiger partial charge in [-0.3, -0.25) is 0 Å². The molecule has 1 N–H and O–H groups in total. The van der Waals surface area contributed by atoms with Crippen molar-refractivity contribution in [1.29, 1.82) is 0 Å². The van der Waals surface area contributed by atoms with Crippen LogP contribution in [0.3, 0.4) is 0 Å². The van der Waals surface area contributed by atoms with Crippen LogP contribution in [0.15, 0.2) is 6.07 Å². The molecule has 15 heavy (non-hydrogen) atoms. The summed E-state index contributed by atoms with van der Waals surface area (Å²) in [5.41, 5.74) is 0.952. The molecular formula is C10H18N4O. The van der Waals surface area contributed by atoms with Gasteiger partial charge in [0.05, 0.1) is 6.61 Å². The lowest BCUT2D eigenvalue weighted by Crippen LogP contribution is -2.23. The summed E-state index contributed by atoms with van der Waals surface area (Å²) < 4.78 is 5.02. The molecule has 0 fully saturated rings. The number of nitrogens with one attached hydrogen (secondary N) is 1. The number of hydrogen-bond acceptors (Lipinski definition) is 5. The molecular weight excluding hydrogens is 192 g/mol. The Morgan fingerprint density at radius 2 is 2.20 bits per heavy atom. The van der Waals surface area contributed by atoms with Gasteiger partial charge in [0, 0.05) is 39.5 Å². The van der Waals surface area contributed by atoms with Crippen molar-refractivity contribution in [2.24, 2.45) is 0 Å². The number of nitrogens with zero attached hydrogens (tertiary/aromatic N) is 3. The number of rotatable bonds is 5. The highest BCUT2D eigenvalue weighted by atomic mass is 16.5. The minimum absolute atomic E-state index is 0.647. The van der Waals surface area contributed by atoms with Crippen molar-refractivity contribution in [3.8, 4) is 0 Å². The molecule has 0 unspecified atom stereocenters. The van der Waals surface area contributed by atoms with E-state index in [1.807, 2.05) is 32.0 Å². The van der Waals surface area contributed by atoms with Crippen molar-refractivity contribution in [3.63, 3.8) is 0 Å². The molecule has 84 valence electrons. The first-order valence-corrected chi connectivity index (χ1v) is 4.91. The van der Waals surface area contributed by atoms with Gasteiger partial charge in [-0.05, 0) is 6.92 Å². The smallest absolute Gasteiger partial charge is 0.224 e. The molecule has 5 heteroatoms. The van der Waals surface area contributed by atoms with Crippen LogP contribution in [0, 0.1) is 6.92 Å². The first-order valence-electron chi connectivity index (χ1n) is 4.91. The third-order valence-corrected chi connectivity index (χ3v) is 2.09. The number of likely N-dealkylation sites (N-methyl/N-ethyl adjacent to an activating group) is 1. The third kappa shape index (κ3) is 3.36. The van der Waals surface area contributed by atoms with Gasteiger partial charge >= 0.3 is 0 Å². The zero-order valence-corrected chi connectivity index (χ0v) is 9.74. The van der Waals surface area contributed by atoms with Crippen LogP contribution in [0.1, 0.15) is 5.69 Å². The Balaban J connectivity index is 2.78. The molecule has 1 aromatic rings. The molecule has 0 radical (unpaired) electrons. The van der Waals surface area contributed by atoms with Gasteiger partial charge in [-0.15, -0.1) is 0 Å². The van der Waals surface area contributed by atoms with E-state index in [1.54, 1.807) is 7.11 Å². The summed E-state index contributed by atoms with van der Waals surface area (Å²) in [7, 11) is 5.49. The average Bonchev–Trinajstić information content (AvgIpc) is 2.24. The van der Waals surface area contributed by atoms with E-state index in [-0.39, 0.29) is 0 Å². The maximum atomic E-state index is 5.02. The molecule has 0 aliphatic rings. The standard InChI is InChI=1S/C10H18N4O/c1-8-7-9(13-10(11-2)12-8)14(3)5-6-15-4/h7H,5-6H2,1-4H3,(H,11,12,13). The van der Waals surface area contributed by atoms with E-state index in [4.69, 9.17) is 4.74 Å². The lowest BCUT2D eigenvalue weighted by Gasteiger charge is -2.18. The minimum atomic E-state index is 0.647. The Labute approximate surface area is 90.5 Å². The molecule has 0 saturated carbocycles. The van der Waals surface area contributed by atoms with Crippen molar-refractivity contribution >= 4 is 11.8 Å². The Morgan fingerprint density at radius 1 is 1.47 bits per heavy atom. The van der Waals surface area contributed by atoms with Crippen LogP contribution in [-0.4, -0.2) is 44.3 Å². The minimum Gasteiger partial charge on any atom is -0.383 e. The second-order valence-electron chi connectivity index (χ2n) is 3.36. The predicted molar refractivity (Wildman–Crippen MR) is 61.5 cm³/mol. The summed E-state index contributed by atoms with van der Waals surface area (Å²) in [5, 5.41) is 2.94. The van der Waals surface area contributed by atoms with Crippen LogP contribution in [0.25, 0.3) is 0 Å². The van der Waals surface area contributed by atoms with E-state index in [2.05, 4.69) is 15.3 Å². The molecule has 0 saturated heterocycles. The van der Waals surface area contributed by atoms with Crippen LogP contribution in [0.4, 0.5) is 11.8 Å². The molecule has 1 heterocycles. The number of ether oxygens (including phenoxy) is 1. The van der Waals surface area contributed by atoms with Gasteiger partial charge in [0.1, 0.15) is 5.82 Å². The summed E-state index contributed by atoms with van der Waals surface area (Å²) in [6, 6.07) is 1.95. The molecule has 1 aromatic heterocycles. The lowest BCUT2D eigenvalue weighted by molar-refractivity contribution is 0.206. The van der Waals surface area contributed by atoms with Crippen LogP contribution in [0.2, 0.25) is 0 Å². The monoisotopic (exact) mass is 210 g/mol. The van der Waals surface area contributed by atoms with E-state index in [1.165, 1.54) is 0 Å². The van der Waals surface area contributed by atoms with E-state index in [0.29, 0.717) is 12.6 Å². The molecule has 0 spiro atoms. The Bertz CT molecular complexity index is 316. The van der Waals surface area contributed by atoms with Crippen molar-refractivity contribution in [1.82, 2.24) is 9.97 Å². The van der Waals surface area contributed by atoms with Crippen LogP contribution in [0.5, 0.6) is 0 Å². The Morgan fingerprint density at radius 3 is 2.80 bits per heavy atom. The molecule has 0 aliphatic carbocycles. The average molecular weight is 210 g/mol. The van der Waals surface area contributed by atoms with Crippen molar-refractivity contribution in [3.05, 3.63) is 11.8 Å². The normalized spacial score (nSPS) is 10.1. The van der Waals surface area contributed by atoms with Crippen molar-refractivity contribution < 1.29 is 4.74 Å². The topological polar surface area (TPSA) is 50.3 Å². The number of anilines is 2. The van der Waals surface area contributed by atoms with Gasteiger partial charge in [0.2, 0.25) is 5.95 Å². The molecule has 0 aliphatic heterocycles. The highest BCUT2D eigenvalue weighted by Crippen LogP contribution is 2.12. The van der Waals surface area contributed by atoms with E-state index >= 15 is 0 Å². The van der Waals surface area contributed by atoms with Gasteiger partial charge in [-0.1, -0.05) is 0 Å². The molecule has 1 rings (SSSR count). The van der Waals surface area contributed by atoms with E-state index < -0.39 is 0 Å². The van der Waals surface area contributed by atoms with Crippen molar-refractivity contribution in [2.45, 2.75) is 6.92 Å². The van der Waals surface area contributed by atoms with Crippen molar-refractivity contribution in [2.75, 3.05) is 44.6 Å². The fourth-order valence-corrected chi connectivity index (χ4v) is 1.20. The zero-order valence-electron chi connectivity index (χ0n) is 9.74. The molecule has 0 aromatic carbocycles. The van der Waals surface area contributed by atoms with Gasteiger partial charge in [-0.25, -0.2) is 4.98 Å². The quantitative estimate of drug-likeness (QED) is 0.782. The summed E-state index contributed by atoms with van der Waals surface area (Å²) in [6.45, 7) is 3.46. The second-order valence-corrected chi connectivity index (χ2v) is 3.36. The second kappa shape index (κ2) is 5.50. The highest BCUT2D eigenvalue weighted by molar-refractivity contribution is 5.43. The highest BCUT2D eigenvalue weighted by Gasteiger charge is 2.05. The predicted octanol–water partition coefficient (Wildman–Crippen LogP) is 0.909. The van der Waals surface area contributed by atoms with Gasteiger partial charge in [0.15, 0.2) is 0 Å². The SMILES string of the molecule is CNc1nc(C)cc(N(C)CCOC)n1. The van der Waals surface area contributed by atoms with Crippen LogP contribution < -0.4 is 10.2 Å². The summed E-state index contributed by atoms with van der Waals surface area (Å²) in [6.07, 6.45) is 0. The largest absolute Gasteiger partial charge is 0.383 e. The maximum Gasteiger partial charge on any atom is 0.224 e. The Kier molecular flexibility index (Phi) is 4.30.